The third kappa shape index (κ3) is 2.93. The van der Waals surface area contributed by atoms with Crippen LogP contribution in [0.15, 0.2) is 0 Å². The Labute approximate surface area is 79.8 Å². The van der Waals surface area contributed by atoms with Crippen LogP contribution in [-0.2, 0) is 9.47 Å². The average molecular weight is 185 g/mol. The van der Waals surface area contributed by atoms with Crippen LogP contribution < -0.4 is 5.32 Å². The lowest BCUT2D eigenvalue weighted by molar-refractivity contribution is -0.165. The smallest absolute Gasteiger partial charge is 0.157 e. The summed E-state index contributed by atoms with van der Waals surface area (Å²) in [6, 6.07) is 0.575. The zero-order valence-electron chi connectivity index (χ0n) is 8.13. The van der Waals surface area contributed by atoms with Gasteiger partial charge < -0.3 is 14.8 Å². The van der Waals surface area contributed by atoms with Gasteiger partial charge in [-0.2, -0.15) is 0 Å². The Morgan fingerprint density at radius 1 is 1.23 bits per heavy atom. The van der Waals surface area contributed by atoms with Crippen molar-refractivity contribution >= 4 is 0 Å². The lowest BCUT2D eigenvalue weighted by Crippen LogP contribution is -2.31. The Balaban J connectivity index is 1.60. The Morgan fingerprint density at radius 2 is 2.23 bits per heavy atom. The van der Waals surface area contributed by atoms with Crippen LogP contribution in [0.3, 0.4) is 0 Å². The Kier molecular flexibility index (Phi) is 3.58. The number of nitrogens with one attached hydrogen (secondary N) is 1. The highest BCUT2D eigenvalue weighted by atomic mass is 16.7. The molecule has 2 aliphatic heterocycles. The molecule has 0 aromatic heterocycles. The molecule has 2 heterocycles. The van der Waals surface area contributed by atoms with Crippen molar-refractivity contribution in [3.05, 3.63) is 0 Å². The average Bonchev–Trinajstić information content (AvgIpc) is 2.69. The minimum Gasteiger partial charge on any atom is -0.353 e. The van der Waals surface area contributed by atoms with Crippen LogP contribution in [0.4, 0.5) is 0 Å². The molecule has 2 aliphatic rings. The molecule has 13 heavy (non-hydrogen) atoms. The normalized spacial score (nSPS) is 35.1. The molecule has 76 valence electrons. The van der Waals surface area contributed by atoms with Gasteiger partial charge in [0.05, 0.1) is 6.61 Å². The number of ether oxygens (including phenoxy) is 2. The van der Waals surface area contributed by atoms with Gasteiger partial charge in [0.15, 0.2) is 6.29 Å². The molecule has 0 aromatic carbocycles. The lowest BCUT2D eigenvalue weighted by atomic mass is 10.2. The molecule has 2 saturated heterocycles. The maximum Gasteiger partial charge on any atom is 0.157 e. The first-order chi connectivity index (χ1) is 6.45. The molecule has 3 heteroatoms. The van der Waals surface area contributed by atoms with Gasteiger partial charge in [-0.05, 0) is 38.6 Å². The van der Waals surface area contributed by atoms with Crippen molar-refractivity contribution in [2.45, 2.75) is 44.4 Å². The molecule has 0 bridgehead atoms. The summed E-state index contributed by atoms with van der Waals surface area (Å²) in [5, 5.41) is 3.42. The van der Waals surface area contributed by atoms with Gasteiger partial charge in [0.1, 0.15) is 0 Å². The van der Waals surface area contributed by atoms with Gasteiger partial charge in [0.2, 0.25) is 0 Å². The van der Waals surface area contributed by atoms with Crippen molar-refractivity contribution in [3.63, 3.8) is 0 Å². The molecule has 2 fully saturated rings. The first-order valence-corrected chi connectivity index (χ1v) is 5.42. The minimum absolute atomic E-state index is 0.0798. The van der Waals surface area contributed by atoms with Crippen LogP contribution in [0, 0.1) is 0 Å². The van der Waals surface area contributed by atoms with E-state index < -0.39 is 0 Å². The SMILES string of the molecule is C1CC[C@H](OC[C@@H]2CCCN2)OC1. The molecular weight excluding hydrogens is 166 g/mol. The molecular formula is C10H19NO2. The minimum atomic E-state index is 0.0798. The van der Waals surface area contributed by atoms with E-state index in [-0.39, 0.29) is 6.29 Å². The second-order valence-electron chi connectivity index (χ2n) is 3.92. The van der Waals surface area contributed by atoms with Gasteiger partial charge >= 0.3 is 0 Å². The highest BCUT2D eigenvalue weighted by molar-refractivity contribution is 4.73. The Hall–Kier alpha value is -0.120. The van der Waals surface area contributed by atoms with Crippen LogP contribution in [0.1, 0.15) is 32.1 Å². The second-order valence-corrected chi connectivity index (χ2v) is 3.92. The predicted molar refractivity (Wildman–Crippen MR) is 50.6 cm³/mol. The molecule has 0 aromatic rings. The number of hydrogen-bond donors (Lipinski definition) is 1. The van der Waals surface area contributed by atoms with E-state index >= 15 is 0 Å². The third-order valence-corrected chi connectivity index (χ3v) is 2.78. The first-order valence-electron chi connectivity index (χ1n) is 5.42. The molecule has 2 atom stereocenters. The zero-order chi connectivity index (χ0) is 8.93. The van der Waals surface area contributed by atoms with Gasteiger partial charge in [0, 0.05) is 12.6 Å². The van der Waals surface area contributed by atoms with E-state index in [0.717, 1.165) is 26.2 Å². The van der Waals surface area contributed by atoms with E-state index in [9.17, 15) is 0 Å². The fourth-order valence-corrected chi connectivity index (χ4v) is 1.97. The summed E-state index contributed by atoms with van der Waals surface area (Å²) in [6.45, 7) is 2.85. The predicted octanol–water partition coefficient (Wildman–Crippen LogP) is 1.28. The first kappa shape index (κ1) is 9.44. The number of hydrogen-bond acceptors (Lipinski definition) is 3. The van der Waals surface area contributed by atoms with Crippen LogP contribution >= 0.6 is 0 Å². The summed E-state index contributed by atoms with van der Waals surface area (Å²) in [7, 11) is 0. The van der Waals surface area contributed by atoms with Crippen LogP contribution in [0.2, 0.25) is 0 Å². The van der Waals surface area contributed by atoms with Crippen molar-refractivity contribution in [2.75, 3.05) is 19.8 Å². The third-order valence-electron chi connectivity index (χ3n) is 2.78. The van der Waals surface area contributed by atoms with Crippen LogP contribution in [0.5, 0.6) is 0 Å². The summed E-state index contributed by atoms with van der Waals surface area (Å²) in [4.78, 5) is 0. The standard InChI is InChI=1S/C10H19NO2/c1-2-7-12-10(5-1)13-8-9-4-3-6-11-9/h9-11H,1-8H2/t9-,10-/m0/s1. The van der Waals surface area contributed by atoms with Crippen molar-refractivity contribution in [1.82, 2.24) is 5.32 Å². The highest BCUT2D eigenvalue weighted by Crippen LogP contribution is 2.15. The Morgan fingerprint density at radius 3 is 2.92 bits per heavy atom. The molecule has 3 nitrogen and oxygen atoms in total. The Bertz CT molecular complexity index is 140. The van der Waals surface area contributed by atoms with E-state index in [4.69, 9.17) is 9.47 Å². The van der Waals surface area contributed by atoms with E-state index in [1.807, 2.05) is 0 Å². The van der Waals surface area contributed by atoms with Crippen molar-refractivity contribution in [3.8, 4) is 0 Å². The van der Waals surface area contributed by atoms with Gasteiger partial charge in [0.25, 0.3) is 0 Å². The van der Waals surface area contributed by atoms with E-state index in [1.165, 1.54) is 25.7 Å². The number of rotatable bonds is 3. The highest BCUT2D eigenvalue weighted by Gasteiger charge is 2.18. The summed E-state index contributed by atoms with van der Waals surface area (Å²) in [5.41, 5.74) is 0. The second kappa shape index (κ2) is 4.94. The quantitative estimate of drug-likeness (QED) is 0.718. The molecule has 0 saturated carbocycles. The molecule has 0 spiro atoms. The van der Waals surface area contributed by atoms with E-state index in [2.05, 4.69) is 5.32 Å². The largest absolute Gasteiger partial charge is 0.353 e. The zero-order valence-corrected chi connectivity index (χ0v) is 8.13. The van der Waals surface area contributed by atoms with Crippen LogP contribution in [-0.4, -0.2) is 32.1 Å². The topological polar surface area (TPSA) is 30.5 Å². The van der Waals surface area contributed by atoms with Gasteiger partial charge in [-0.15, -0.1) is 0 Å². The van der Waals surface area contributed by atoms with Gasteiger partial charge in [-0.25, -0.2) is 0 Å². The summed E-state index contributed by atoms with van der Waals surface area (Å²) in [5.74, 6) is 0. The van der Waals surface area contributed by atoms with E-state index in [1.54, 1.807) is 0 Å². The maximum atomic E-state index is 5.68. The molecule has 0 amide bonds. The molecule has 2 rings (SSSR count). The molecule has 1 N–H and O–H groups in total. The van der Waals surface area contributed by atoms with Gasteiger partial charge in [-0.3, -0.25) is 0 Å². The molecule has 0 unspecified atom stereocenters. The molecule has 0 radical (unpaired) electrons. The molecule has 0 aliphatic carbocycles. The van der Waals surface area contributed by atoms with Crippen molar-refractivity contribution in [2.24, 2.45) is 0 Å². The summed E-state index contributed by atoms with van der Waals surface area (Å²) < 4.78 is 11.2. The van der Waals surface area contributed by atoms with E-state index in [0.29, 0.717) is 6.04 Å². The van der Waals surface area contributed by atoms with Crippen LogP contribution in [0.25, 0.3) is 0 Å². The van der Waals surface area contributed by atoms with Gasteiger partial charge in [-0.1, -0.05) is 0 Å². The maximum absolute atomic E-state index is 5.68. The lowest BCUT2D eigenvalue weighted by Gasteiger charge is -2.24. The van der Waals surface area contributed by atoms with Crippen molar-refractivity contribution < 1.29 is 9.47 Å². The fraction of sp³-hybridized carbons (Fsp3) is 1.00. The summed E-state index contributed by atoms with van der Waals surface area (Å²) in [6.07, 6.45) is 6.15. The fourth-order valence-electron chi connectivity index (χ4n) is 1.97. The van der Waals surface area contributed by atoms with Crippen molar-refractivity contribution in [1.29, 1.82) is 0 Å². The summed E-state index contributed by atoms with van der Waals surface area (Å²) >= 11 is 0. The monoisotopic (exact) mass is 185 g/mol.